The molecule has 4 rings (SSSR count). The second-order valence-electron chi connectivity index (χ2n) is 11.0. The number of rotatable bonds is 12. The van der Waals surface area contributed by atoms with E-state index in [-0.39, 0.29) is 11.1 Å². The van der Waals surface area contributed by atoms with Crippen molar-refractivity contribution in [2.45, 2.75) is 24.9 Å². The van der Waals surface area contributed by atoms with E-state index in [1.54, 1.807) is 4.72 Å². The number of anilines is 2. The van der Waals surface area contributed by atoms with Crippen molar-refractivity contribution in [3.63, 3.8) is 0 Å². The monoisotopic (exact) mass is 753 g/mol. The van der Waals surface area contributed by atoms with Crippen LogP contribution in [0.1, 0.15) is 11.1 Å². The highest BCUT2D eigenvalue weighted by Crippen LogP contribution is 2.21. The van der Waals surface area contributed by atoms with Crippen LogP contribution in [-0.4, -0.2) is 52.4 Å². The second kappa shape index (κ2) is 16.3. The molecule has 4 amide bonds. The third-order valence-electron chi connectivity index (χ3n) is 7.24. The van der Waals surface area contributed by atoms with Crippen LogP contribution >= 0.6 is 23.2 Å². The number of halogens is 6. The fourth-order valence-electron chi connectivity index (χ4n) is 4.89. The average molecular weight is 755 g/mol. The summed E-state index contributed by atoms with van der Waals surface area (Å²) in [6.45, 7) is 0. The normalized spacial score (nSPS) is 12.5. The van der Waals surface area contributed by atoms with Gasteiger partial charge in [-0.05, 0) is 90.3 Å². The first-order valence-corrected chi connectivity index (χ1v) is 16.8. The molecule has 0 saturated heterocycles. The zero-order chi connectivity index (χ0) is 36.7. The van der Waals surface area contributed by atoms with Crippen LogP contribution in [-0.2, 0) is 32.6 Å². The number of nitrogens with zero attached hydrogens (tertiary/aromatic N) is 2. The van der Waals surface area contributed by atoms with Crippen molar-refractivity contribution in [1.82, 2.24) is 14.8 Å². The predicted molar refractivity (Wildman–Crippen MR) is 181 cm³/mol. The molecule has 264 valence electrons. The van der Waals surface area contributed by atoms with Crippen molar-refractivity contribution < 1.29 is 40.4 Å². The second-order valence-corrected chi connectivity index (χ2v) is 13.3. The topological polar surface area (TPSA) is 128 Å². The molecule has 0 saturated carbocycles. The minimum atomic E-state index is -4.95. The van der Waals surface area contributed by atoms with Crippen molar-refractivity contribution in [2.75, 3.05) is 23.9 Å². The maximum absolute atomic E-state index is 14.0. The number of nitrogens with one attached hydrogen (secondary N) is 3. The number of hydrogen-bond acceptors (Lipinski definition) is 5. The molecule has 0 aliphatic rings. The minimum Gasteiger partial charge on any atom is -0.325 e. The molecule has 0 fully saturated rings. The van der Waals surface area contributed by atoms with Crippen LogP contribution in [0.15, 0.2) is 84.9 Å². The lowest BCUT2D eigenvalue weighted by Gasteiger charge is -2.26. The van der Waals surface area contributed by atoms with Gasteiger partial charge in [-0.25, -0.2) is 27.1 Å². The van der Waals surface area contributed by atoms with Gasteiger partial charge >= 0.3 is 16.2 Å². The van der Waals surface area contributed by atoms with E-state index in [0.29, 0.717) is 33.6 Å². The lowest BCUT2D eigenvalue weighted by atomic mass is 10.0. The van der Waals surface area contributed by atoms with Gasteiger partial charge in [0.1, 0.15) is 35.4 Å². The number of benzene rings is 4. The van der Waals surface area contributed by atoms with E-state index in [9.17, 15) is 40.4 Å². The largest absolute Gasteiger partial charge is 0.330 e. The summed E-state index contributed by atoms with van der Waals surface area (Å²) in [6.07, 6.45) is -1.02. The standard InChI is InChI=1S/C33H29Cl2F4N5O5S/c1-43(27-7-3-21(34)4-8-27)31(45)29(15-19-11-23(36)17-24(37)12-19)40-33(47)42-50(48,49)41-30(16-20-13-25(38)18-26(39)14-20)32(46)44(2)28-9-5-22(35)6-10-28/h3-14,17-18,29-30,41H,15-16H2,1-2H3,(H2,40,42,47)/t29-,30-/m0/s1. The Hall–Kier alpha value is -4.70. The predicted octanol–water partition coefficient (Wildman–Crippen LogP) is 5.53. The molecule has 50 heavy (non-hydrogen) atoms. The van der Waals surface area contributed by atoms with Crippen LogP contribution in [0.25, 0.3) is 0 Å². The summed E-state index contributed by atoms with van der Waals surface area (Å²) in [5.41, 5.74) is 0.492. The van der Waals surface area contributed by atoms with Gasteiger partial charge in [0.15, 0.2) is 0 Å². The highest BCUT2D eigenvalue weighted by Gasteiger charge is 2.31. The molecule has 2 atom stereocenters. The number of carbonyl (C=O) groups excluding carboxylic acids is 3. The summed E-state index contributed by atoms with van der Waals surface area (Å²) < 4.78 is 86.1. The van der Waals surface area contributed by atoms with Gasteiger partial charge in [-0.1, -0.05) is 23.2 Å². The Balaban J connectivity index is 1.58. The van der Waals surface area contributed by atoms with Crippen LogP contribution in [0, 0.1) is 23.3 Å². The van der Waals surface area contributed by atoms with E-state index in [0.717, 1.165) is 34.1 Å². The van der Waals surface area contributed by atoms with E-state index in [4.69, 9.17) is 23.2 Å². The molecule has 0 heterocycles. The Morgan fingerprint density at radius 2 is 1.00 bits per heavy atom. The Morgan fingerprint density at radius 3 is 1.40 bits per heavy atom. The SMILES string of the molecule is CN(C(=O)[C@H](Cc1cc(F)cc(F)c1)NC(=O)NS(=O)(=O)N[C@@H](Cc1cc(F)cc(F)c1)C(=O)N(C)c1ccc(Cl)cc1)c1ccc(Cl)cc1. The molecule has 3 N–H and O–H groups in total. The summed E-state index contributed by atoms with van der Waals surface area (Å²) in [4.78, 5) is 42.4. The molecular formula is C33H29Cl2F4N5O5S. The molecule has 0 spiro atoms. The molecule has 0 aliphatic carbocycles. The van der Waals surface area contributed by atoms with Crippen molar-refractivity contribution in [3.8, 4) is 0 Å². The van der Waals surface area contributed by atoms with Crippen molar-refractivity contribution in [2.24, 2.45) is 0 Å². The maximum atomic E-state index is 14.0. The van der Waals surface area contributed by atoms with Gasteiger partial charge in [-0.15, -0.1) is 0 Å². The minimum absolute atomic E-state index is 0.0372. The van der Waals surface area contributed by atoms with Gasteiger partial charge in [-0.3, -0.25) is 9.59 Å². The van der Waals surface area contributed by atoms with Gasteiger partial charge in [0.25, 0.3) is 0 Å². The molecule has 4 aromatic rings. The summed E-state index contributed by atoms with van der Waals surface area (Å²) in [7, 11) is -2.28. The van der Waals surface area contributed by atoms with Crippen molar-refractivity contribution in [3.05, 3.63) is 129 Å². The van der Waals surface area contributed by atoms with Crippen LogP contribution in [0.2, 0.25) is 10.0 Å². The summed E-state index contributed by atoms with van der Waals surface area (Å²) in [5, 5.41) is 2.93. The molecule has 0 aromatic heterocycles. The quantitative estimate of drug-likeness (QED) is 0.164. The van der Waals surface area contributed by atoms with E-state index in [1.807, 2.05) is 4.72 Å². The highest BCUT2D eigenvalue weighted by molar-refractivity contribution is 7.88. The van der Waals surface area contributed by atoms with E-state index < -0.39 is 76.2 Å². The Morgan fingerprint density at radius 1 is 0.640 bits per heavy atom. The molecule has 0 aliphatic heterocycles. The fourth-order valence-corrected chi connectivity index (χ4v) is 6.06. The van der Waals surface area contributed by atoms with Crippen molar-refractivity contribution >= 4 is 62.6 Å². The van der Waals surface area contributed by atoms with Crippen LogP contribution in [0.5, 0.6) is 0 Å². The lowest BCUT2D eigenvalue weighted by molar-refractivity contribution is -0.120. The summed E-state index contributed by atoms with van der Waals surface area (Å²) in [5.74, 6) is -5.54. The third-order valence-corrected chi connectivity index (χ3v) is 8.79. The van der Waals surface area contributed by atoms with Crippen LogP contribution < -0.4 is 24.6 Å². The first-order chi connectivity index (χ1) is 23.5. The van der Waals surface area contributed by atoms with Gasteiger partial charge in [0, 0.05) is 54.1 Å². The Kier molecular flexibility index (Phi) is 12.5. The molecular weight excluding hydrogens is 725 g/mol. The number of carbonyl (C=O) groups is 3. The highest BCUT2D eigenvalue weighted by atomic mass is 35.5. The summed E-state index contributed by atoms with van der Waals surface area (Å²) >= 11 is 11.9. The molecule has 0 radical (unpaired) electrons. The number of hydrogen-bond donors (Lipinski definition) is 3. The van der Waals surface area contributed by atoms with Gasteiger partial charge in [0.2, 0.25) is 11.8 Å². The fraction of sp³-hybridized carbons (Fsp3) is 0.182. The van der Waals surface area contributed by atoms with Crippen LogP contribution in [0.4, 0.5) is 33.7 Å². The maximum Gasteiger partial charge on any atom is 0.330 e. The number of likely N-dealkylation sites (N-methyl/N-ethyl adjacent to an activating group) is 2. The van der Waals surface area contributed by atoms with Gasteiger partial charge in [0.05, 0.1) is 0 Å². The van der Waals surface area contributed by atoms with E-state index in [1.165, 1.54) is 62.6 Å². The van der Waals surface area contributed by atoms with E-state index in [2.05, 4.69) is 5.32 Å². The third kappa shape index (κ3) is 10.6. The zero-order valence-corrected chi connectivity index (χ0v) is 28.6. The lowest BCUT2D eigenvalue weighted by Crippen LogP contribution is -2.57. The van der Waals surface area contributed by atoms with E-state index >= 15 is 0 Å². The average Bonchev–Trinajstić information content (AvgIpc) is 3.02. The molecule has 4 aromatic carbocycles. The van der Waals surface area contributed by atoms with Crippen LogP contribution in [0.3, 0.4) is 0 Å². The molecule has 0 unspecified atom stereocenters. The zero-order valence-electron chi connectivity index (χ0n) is 26.3. The number of urea groups is 1. The Labute approximate surface area is 295 Å². The Bertz CT molecular complexity index is 1950. The first-order valence-electron chi connectivity index (χ1n) is 14.6. The molecule has 17 heteroatoms. The van der Waals surface area contributed by atoms with Gasteiger partial charge in [-0.2, -0.15) is 13.1 Å². The number of amides is 4. The molecule has 10 nitrogen and oxygen atoms in total. The van der Waals surface area contributed by atoms with Gasteiger partial charge < -0.3 is 15.1 Å². The van der Waals surface area contributed by atoms with Crippen molar-refractivity contribution in [1.29, 1.82) is 0 Å². The molecule has 0 bridgehead atoms. The smallest absolute Gasteiger partial charge is 0.325 e. The summed E-state index contributed by atoms with van der Waals surface area (Å²) in [6, 6.07) is 12.0. The first kappa shape index (κ1) is 38.1.